The van der Waals surface area contributed by atoms with E-state index in [1.807, 2.05) is 0 Å². The highest BCUT2D eigenvalue weighted by atomic mass is 35.5. The molecule has 2 N–H and O–H groups in total. The van der Waals surface area contributed by atoms with Crippen LogP contribution in [0.15, 0.2) is 85.3 Å². The van der Waals surface area contributed by atoms with Crippen LogP contribution in [0.5, 0.6) is 0 Å². The Bertz CT molecular complexity index is 1350. The van der Waals surface area contributed by atoms with Crippen LogP contribution in [0.2, 0.25) is 10.0 Å². The third kappa shape index (κ3) is 5.44. The zero-order chi connectivity index (χ0) is 25.7. The third-order valence-corrected chi connectivity index (χ3v) is 5.77. The van der Waals surface area contributed by atoms with E-state index in [-0.39, 0.29) is 17.4 Å². The second-order valence-corrected chi connectivity index (χ2v) is 8.49. The first kappa shape index (κ1) is 25.1. The van der Waals surface area contributed by atoms with Gasteiger partial charge in [0.1, 0.15) is 11.9 Å². The topological polar surface area (TPSA) is 112 Å². The van der Waals surface area contributed by atoms with E-state index in [2.05, 4.69) is 15.0 Å². The van der Waals surface area contributed by atoms with Gasteiger partial charge in [0.2, 0.25) is 5.95 Å². The van der Waals surface area contributed by atoms with Gasteiger partial charge in [0.25, 0.3) is 11.8 Å². The van der Waals surface area contributed by atoms with E-state index in [1.165, 1.54) is 22.8 Å². The summed E-state index contributed by atoms with van der Waals surface area (Å²) in [4.78, 5) is 41.9. The molecule has 4 rings (SSSR count). The maximum absolute atomic E-state index is 14.3. The van der Waals surface area contributed by atoms with E-state index in [4.69, 9.17) is 28.4 Å². The lowest BCUT2D eigenvalue weighted by atomic mass is 10.0. The van der Waals surface area contributed by atoms with Crippen LogP contribution in [0.1, 0.15) is 22.0 Å². The molecule has 4 aromatic rings. The second kappa shape index (κ2) is 11.1. The molecule has 0 saturated heterocycles. The van der Waals surface area contributed by atoms with Crippen LogP contribution in [-0.2, 0) is 4.79 Å². The van der Waals surface area contributed by atoms with Crippen LogP contribution in [0.4, 0.5) is 17.5 Å². The molecule has 0 spiro atoms. The Morgan fingerprint density at radius 2 is 1.64 bits per heavy atom. The summed E-state index contributed by atoms with van der Waals surface area (Å²) < 4.78 is 0. The van der Waals surface area contributed by atoms with Crippen LogP contribution < -0.4 is 15.3 Å². The fourth-order valence-corrected chi connectivity index (χ4v) is 3.90. The number of nitrogens with zero attached hydrogens (tertiary/aromatic N) is 5. The lowest BCUT2D eigenvalue weighted by Crippen LogP contribution is -2.40. The number of hydrogen-bond acceptors (Lipinski definition) is 7. The van der Waals surface area contributed by atoms with Crippen LogP contribution in [0.3, 0.4) is 0 Å². The van der Waals surface area contributed by atoms with E-state index in [0.29, 0.717) is 27.1 Å². The Balaban J connectivity index is 1.82. The van der Waals surface area contributed by atoms with Crippen molar-refractivity contribution in [2.24, 2.45) is 0 Å². The first-order chi connectivity index (χ1) is 17.4. The highest BCUT2D eigenvalue weighted by molar-refractivity contribution is 6.31. The van der Waals surface area contributed by atoms with Crippen molar-refractivity contribution in [3.63, 3.8) is 0 Å². The van der Waals surface area contributed by atoms with Gasteiger partial charge in [-0.3, -0.25) is 19.7 Å². The van der Waals surface area contributed by atoms with Crippen LogP contribution in [0, 0.1) is 0 Å². The standard InChI is InChI=1S/C25H20Cl2N6O3/c1-32(25-29-14-17(15-30-25)23(34)31-36)22(16-5-4-6-19(27)13-16)24(35)33(21-7-2-3-12-28-21)20-10-8-18(26)9-11-20/h2-15,22,36H,1H3,(H,31,34). The Hall–Kier alpha value is -4.05. The molecule has 36 heavy (non-hydrogen) atoms. The quantitative estimate of drug-likeness (QED) is 0.263. The Morgan fingerprint density at radius 1 is 0.917 bits per heavy atom. The normalized spacial score (nSPS) is 11.4. The zero-order valence-corrected chi connectivity index (χ0v) is 20.4. The molecule has 0 saturated carbocycles. The van der Waals surface area contributed by atoms with Gasteiger partial charge in [0.05, 0.1) is 11.3 Å². The summed E-state index contributed by atoms with van der Waals surface area (Å²) in [5.74, 6) is -0.543. The van der Waals surface area contributed by atoms with Crippen molar-refractivity contribution < 1.29 is 14.8 Å². The number of benzene rings is 2. The number of carbonyl (C=O) groups is 2. The zero-order valence-electron chi connectivity index (χ0n) is 18.9. The number of anilines is 3. The van der Waals surface area contributed by atoms with E-state index in [0.717, 1.165) is 0 Å². The molecule has 2 amide bonds. The summed E-state index contributed by atoms with van der Waals surface area (Å²) in [7, 11) is 1.66. The van der Waals surface area contributed by atoms with Gasteiger partial charge in [0.15, 0.2) is 0 Å². The number of aromatic nitrogens is 3. The highest BCUT2D eigenvalue weighted by Crippen LogP contribution is 2.33. The summed E-state index contributed by atoms with van der Waals surface area (Å²) >= 11 is 12.4. The first-order valence-corrected chi connectivity index (χ1v) is 11.4. The van der Waals surface area contributed by atoms with Crippen molar-refractivity contribution in [1.82, 2.24) is 20.4 Å². The van der Waals surface area contributed by atoms with Gasteiger partial charge < -0.3 is 4.90 Å². The largest absolute Gasteiger partial charge is 0.328 e. The van der Waals surface area contributed by atoms with Crippen molar-refractivity contribution in [2.45, 2.75) is 6.04 Å². The van der Waals surface area contributed by atoms with Gasteiger partial charge in [-0.25, -0.2) is 20.4 Å². The minimum Gasteiger partial charge on any atom is -0.328 e. The number of nitrogens with one attached hydrogen (secondary N) is 1. The summed E-state index contributed by atoms with van der Waals surface area (Å²) in [6.45, 7) is 0. The molecule has 0 aliphatic heterocycles. The molecule has 0 aliphatic rings. The average molecular weight is 523 g/mol. The predicted octanol–water partition coefficient (Wildman–Crippen LogP) is 4.84. The van der Waals surface area contributed by atoms with Crippen molar-refractivity contribution in [2.75, 3.05) is 16.8 Å². The molecule has 1 atom stereocenters. The lowest BCUT2D eigenvalue weighted by Gasteiger charge is -2.32. The number of halogens is 2. The number of rotatable bonds is 7. The second-order valence-electron chi connectivity index (χ2n) is 7.62. The molecule has 1 unspecified atom stereocenters. The van der Waals surface area contributed by atoms with Crippen LogP contribution in [-0.4, -0.2) is 39.0 Å². The molecular weight excluding hydrogens is 503 g/mol. The van der Waals surface area contributed by atoms with Gasteiger partial charge in [-0.1, -0.05) is 41.4 Å². The summed E-state index contributed by atoms with van der Waals surface area (Å²) in [6.07, 6.45) is 4.09. The van der Waals surface area contributed by atoms with E-state index >= 15 is 0 Å². The molecule has 182 valence electrons. The third-order valence-electron chi connectivity index (χ3n) is 5.29. The van der Waals surface area contributed by atoms with E-state index < -0.39 is 11.9 Å². The fraction of sp³-hybridized carbons (Fsp3) is 0.0800. The Kier molecular flexibility index (Phi) is 7.74. The Labute approximate surface area is 216 Å². The van der Waals surface area contributed by atoms with Gasteiger partial charge >= 0.3 is 0 Å². The van der Waals surface area contributed by atoms with Crippen molar-refractivity contribution in [3.05, 3.63) is 106 Å². The summed E-state index contributed by atoms with van der Waals surface area (Å²) in [5.41, 5.74) is 2.73. The minimum atomic E-state index is -0.932. The average Bonchev–Trinajstić information content (AvgIpc) is 2.90. The molecule has 0 radical (unpaired) electrons. The monoisotopic (exact) mass is 522 g/mol. The predicted molar refractivity (Wildman–Crippen MR) is 137 cm³/mol. The minimum absolute atomic E-state index is 0.0524. The number of hydroxylamine groups is 1. The molecule has 11 heteroatoms. The number of amides is 2. The lowest BCUT2D eigenvalue weighted by molar-refractivity contribution is -0.119. The molecule has 0 bridgehead atoms. The van der Waals surface area contributed by atoms with Crippen molar-refractivity contribution in [1.29, 1.82) is 0 Å². The van der Waals surface area contributed by atoms with Gasteiger partial charge in [-0.2, -0.15) is 0 Å². The van der Waals surface area contributed by atoms with Gasteiger partial charge in [-0.05, 0) is 54.1 Å². The van der Waals surface area contributed by atoms with Crippen LogP contribution >= 0.6 is 23.2 Å². The van der Waals surface area contributed by atoms with Crippen molar-refractivity contribution >= 4 is 52.5 Å². The molecule has 2 aromatic carbocycles. The molecule has 0 fully saturated rings. The summed E-state index contributed by atoms with van der Waals surface area (Å²) in [5, 5.41) is 9.83. The number of pyridine rings is 1. The molecule has 2 heterocycles. The number of hydrogen-bond donors (Lipinski definition) is 2. The number of carbonyl (C=O) groups excluding carboxylic acids is 2. The van der Waals surface area contributed by atoms with E-state index in [1.54, 1.807) is 84.9 Å². The fourth-order valence-electron chi connectivity index (χ4n) is 3.58. The number of likely N-dealkylation sites (N-methyl/N-ethyl adjacent to an activating group) is 1. The molecule has 0 aliphatic carbocycles. The van der Waals surface area contributed by atoms with Crippen molar-refractivity contribution in [3.8, 4) is 0 Å². The van der Waals surface area contributed by atoms with Gasteiger partial charge in [-0.15, -0.1) is 0 Å². The highest BCUT2D eigenvalue weighted by Gasteiger charge is 2.33. The molecule has 9 nitrogen and oxygen atoms in total. The van der Waals surface area contributed by atoms with Crippen LogP contribution in [0.25, 0.3) is 0 Å². The smallest absolute Gasteiger partial charge is 0.277 e. The first-order valence-electron chi connectivity index (χ1n) is 10.6. The maximum Gasteiger partial charge on any atom is 0.277 e. The van der Waals surface area contributed by atoms with E-state index in [9.17, 15) is 9.59 Å². The Morgan fingerprint density at radius 3 is 2.25 bits per heavy atom. The molecular formula is C25H20Cl2N6O3. The SMILES string of the molecule is CN(c1ncc(C(=O)NO)cn1)C(C(=O)N(c1ccc(Cl)cc1)c1ccccn1)c1cccc(Cl)c1. The maximum atomic E-state index is 14.3. The molecule has 2 aromatic heterocycles. The summed E-state index contributed by atoms with van der Waals surface area (Å²) in [6, 6.07) is 18.1. The van der Waals surface area contributed by atoms with Gasteiger partial charge in [0, 0.05) is 35.7 Å².